The number of nitrogens with two attached hydrogens (primary N) is 1. The fraction of sp³-hybridized carbons (Fsp3) is 0.250. The highest BCUT2D eigenvalue weighted by Gasteiger charge is 2.33. The van der Waals surface area contributed by atoms with Crippen molar-refractivity contribution in [1.82, 2.24) is 9.78 Å². The Hall–Kier alpha value is -1.82. The molecule has 0 amide bonds. The van der Waals surface area contributed by atoms with E-state index in [4.69, 9.17) is 5.73 Å². The summed E-state index contributed by atoms with van der Waals surface area (Å²) in [5, 5.41) is 3.98. The Morgan fingerprint density at radius 3 is 2.56 bits per heavy atom. The van der Waals surface area contributed by atoms with E-state index in [9.17, 15) is 13.2 Å². The molecular weight excluding hydrogens is 243 g/mol. The Labute approximate surface area is 102 Å². The zero-order valence-electron chi connectivity index (χ0n) is 9.70. The van der Waals surface area contributed by atoms with Crippen molar-refractivity contribution in [2.45, 2.75) is 19.6 Å². The lowest BCUT2D eigenvalue weighted by atomic mass is 10.1. The minimum Gasteiger partial charge on any atom is -0.326 e. The molecule has 1 aromatic heterocycles. The minimum absolute atomic E-state index is 0.0788. The normalized spacial score (nSPS) is 11.8. The van der Waals surface area contributed by atoms with Crippen LogP contribution in [-0.4, -0.2) is 9.78 Å². The van der Waals surface area contributed by atoms with E-state index in [0.717, 1.165) is 11.6 Å². The van der Waals surface area contributed by atoms with Gasteiger partial charge in [0.25, 0.3) is 0 Å². The molecule has 6 heteroatoms. The molecule has 0 saturated carbocycles. The van der Waals surface area contributed by atoms with E-state index in [1.165, 1.54) is 10.7 Å². The van der Waals surface area contributed by atoms with E-state index in [2.05, 4.69) is 5.10 Å². The Morgan fingerprint density at radius 1 is 1.33 bits per heavy atom. The maximum absolute atomic E-state index is 12.9. The van der Waals surface area contributed by atoms with Crippen molar-refractivity contribution in [3.8, 4) is 5.69 Å². The maximum atomic E-state index is 12.9. The second-order valence-corrected chi connectivity index (χ2v) is 4.01. The first-order valence-corrected chi connectivity index (χ1v) is 5.33. The van der Waals surface area contributed by atoms with Crippen molar-refractivity contribution in [3.63, 3.8) is 0 Å². The van der Waals surface area contributed by atoms with Crippen molar-refractivity contribution in [1.29, 1.82) is 0 Å². The topological polar surface area (TPSA) is 43.8 Å². The van der Waals surface area contributed by atoms with E-state index in [1.54, 1.807) is 18.5 Å². The predicted molar refractivity (Wildman–Crippen MR) is 61.2 cm³/mol. The lowest BCUT2D eigenvalue weighted by Crippen LogP contribution is -2.13. The van der Waals surface area contributed by atoms with Gasteiger partial charge in [0.1, 0.15) is 0 Å². The smallest absolute Gasteiger partial charge is 0.326 e. The summed E-state index contributed by atoms with van der Waals surface area (Å²) in [7, 11) is 0. The van der Waals surface area contributed by atoms with E-state index >= 15 is 0 Å². The van der Waals surface area contributed by atoms with Crippen molar-refractivity contribution in [2.75, 3.05) is 0 Å². The maximum Gasteiger partial charge on any atom is 0.416 e. The third-order valence-electron chi connectivity index (χ3n) is 2.59. The van der Waals surface area contributed by atoms with Gasteiger partial charge in [-0.1, -0.05) is 6.07 Å². The average Bonchev–Trinajstić information content (AvgIpc) is 2.74. The number of rotatable bonds is 2. The molecule has 2 rings (SSSR count). The third kappa shape index (κ3) is 2.38. The summed E-state index contributed by atoms with van der Waals surface area (Å²) in [6, 6.07) is 4.02. The van der Waals surface area contributed by atoms with Crippen LogP contribution in [0.25, 0.3) is 5.69 Å². The summed E-state index contributed by atoms with van der Waals surface area (Å²) in [4.78, 5) is 0. The van der Waals surface area contributed by atoms with E-state index in [1.807, 2.05) is 6.92 Å². The monoisotopic (exact) mass is 255 g/mol. The van der Waals surface area contributed by atoms with Gasteiger partial charge in [-0.25, -0.2) is 4.68 Å². The molecule has 0 fully saturated rings. The van der Waals surface area contributed by atoms with Crippen LogP contribution in [0.3, 0.4) is 0 Å². The molecule has 1 heterocycles. The lowest BCUT2D eigenvalue weighted by Gasteiger charge is -2.13. The molecule has 0 radical (unpaired) electrons. The van der Waals surface area contributed by atoms with Crippen LogP contribution >= 0.6 is 0 Å². The molecule has 0 spiro atoms. The highest BCUT2D eigenvalue weighted by Crippen LogP contribution is 2.33. The van der Waals surface area contributed by atoms with Crippen LogP contribution in [0.2, 0.25) is 0 Å². The summed E-state index contributed by atoms with van der Waals surface area (Å²) in [6.07, 6.45) is -1.16. The molecule has 1 aromatic carbocycles. The summed E-state index contributed by atoms with van der Waals surface area (Å²) in [5.41, 5.74) is 5.93. The van der Waals surface area contributed by atoms with Gasteiger partial charge in [-0.3, -0.25) is 0 Å². The molecule has 3 nitrogen and oxygen atoms in total. The Morgan fingerprint density at radius 2 is 2.06 bits per heavy atom. The van der Waals surface area contributed by atoms with Crippen LogP contribution in [-0.2, 0) is 12.7 Å². The molecule has 96 valence electrons. The summed E-state index contributed by atoms with van der Waals surface area (Å²) in [5.74, 6) is 0. The number of nitrogens with zero attached hydrogens (tertiary/aromatic N) is 2. The second kappa shape index (κ2) is 4.45. The largest absolute Gasteiger partial charge is 0.416 e. The van der Waals surface area contributed by atoms with Gasteiger partial charge in [0.2, 0.25) is 0 Å². The lowest BCUT2D eigenvalue weighted by molar-refractivity contribution is -0.138. The van der Waals surface area contributed by atoms with Crippen molar-refractivity contribution in [3.05, 3.63) is 47.3 Å². The van der Waals surface area contributed by atoms with Gasteiger partial charge in [0, 0.05) is 12.7 Å². The number of halogens is 3. The highest BCUT2D eigenvalue weighted by atomic mass is 19.4. The minimum atomic E-state index is -4.41. The molecule has 0 unspecified atom stereocenters. The third-order valence-corrected chi connectivity index (χ3v) is 2.59. The molecular formula is C12H12F3N3. The first-order valence-electron chi connectivity index (χ1n) is 5.33. The second-order valence-electron chi connectivity index (χ2n) is 4.01. The van der Waals surface area contributed by atoms with Crippen LogP contribution in [0.1, 0.15) is 16.7 Å². The number of alkyl halides is 3. The van der Waals surface area contributed by atoms with E-state index in [-0.39, 0.29) is 12.1 Å². The Bertz CT molecular complexity index is 558. The van der Waals surface area contributed by atoms with Gasteiger partial charge in [-0.2, -0.15) is 18.3 Å². The SMILES string of the molecule is Cc1cnn(-c2ccc(CN)c(C(F)(F)F)c2)c1. The Kier molecular flexibility index (Phi) is 3.13. The highest BCUT2D eigenvalue weighted by molar-refractivity contribution is 5.42. The molecule has 2 aromatic rings. The molecule has 0 atom stereocenters. The zero-order valence-corrected chi connectivity index (χ0v) is 9.70. The first kappa shape index (κ1) is 12.6. The fourth-order valence-electron chi connectivity index (χ4n) is 1.70. The fourth-order valence-corrected chi connectivity index (χ4v) is 1.70. The van der Waals surface area contributed by atoms with Gasteiger partial charge in [-0.05, 0) is 30.2 Å². The van der Waals surface area contributed by atoms with Gasteiger partial charge in [-0.15, -0.1) is 0 Å². The standard InChI is InChI=1S/C12H12F3N3/c1-8-6-17-18(7-8)10-3-2-9(5-16)11(4-10)12(13,14)15/h2-4,6-7H,5,16H2,1H3. The molecule has 0 aliphatic carbocycles. The quantitative estimate of drug-likeness (QED) is 0.896. The van der Waals surface area contributed by atoms with Crippen molar-refractivity contribution in [2.24, 2.45) is 5.73 Å². The molecule has 0 saturated heterocycles. The van der Waals surface area contributed by atoms with Crippen LogP contribution in [0.5, 0.6) is 0 Å². The van der Waals surface area contributed by atoms with E-state index in [0.29, 0.717) is 5.69 Å². The van der Waals surface area contributed by atoms with Crippen LogP contribution in [0.15, 0.2) is 30.6 Å². The number of hydrogen-bond acceptors (Lipinski definition) is 2. The van der Waals surface area contributed by atoms with Gasteiger partial charge in [0.15, 0.2) is 0 Å². The molecule has 2 N–H and O–H groups in total. The molecule has 0 aliphatic heterocycles. The molecule has 18 heavy (non-hydrogen) atoms. The number of hydrogen-bond donors (Lipinski definition) is 1. The predicted octanol–water partition coefficient (Wildman–Crippen LogP) is 2.66. The molecule has 0 aliphatic rings. The van der Waals surface area contributed by atoms with Gasteiger partial charge < -0.3 is 5.73 Å². The number of benzene rings is 1. The van der Waals surface area contributed by atoms with E-state index < -0.39 is 11.7 Å². The number of aryl methyl sites for hydroxylation is 1. The van der Waals surface area contributed by atoms with Crippen LogP contribution < -0.4 is 5.73 Å². The van der Waals surface area contributed by atoms with Crippen LogP contribution in [0, 0.1) is 6.92 Å². The number of aromatic nitrogens is 2. The van der Waals surface area contributed by atoms with Gasteiger partial charge >= 0.3 is 6.18 Å². The van der Waals surface area contributed by atoms with Gasteiger partial charge in [0.05, 0.1) is 17.4 Å². The summed E-state index contributed by atoms with van der Waals surface area (Å²) >= 11 is 0. The first-order chi connectivity index (χ1) is 8.41. The Balaban J connectivity index is 2.52. The average molecular weight is 255 g/mol. The van der Waals surface area contributed by atoms with Crippen molar-refractivity contribution >= 4 is 0 Å². The van der Waals surface area contributed by atoms with Crippen molar-refractivity contribution < 1.29 is 13.2 Å². The summed E-state index contributed by atoms with van der Waals surface area (Å²) in [6.45, 7) is 1.68. The van der Waals surface area contributed by atoms with Crippen LogP contribution in [0.4, 0.5) is 13.2 Å². The molecule has 0 bridgehead atoms. The zero-order chi connectivity index (χ0) is 13.3. The summed E-state index contributed by atoms with van der Waals surface area (Å²) < 4.78 is 40.0.